The van der Waals surface area contributed by atoms with Crippen molar-refractivity contribution in [2.24, 2.45) is 0 Å². The van der Waals surface area contributed by atoms with Crippen molar-refractivity contribution in [1.82, 2.24) is 15.2 Å². The number of aromatic nitrogens is 1. The lowest BCUT2D eigenvalue weighted by Crippen LogP contribution is -2.46. The van der Waals surface area contributed by atoms with E-state index in [2.05, 4.69) is 10.3 Å². The molecule has 1 heterocycles. The lowest BCUT2D eigenvalue weighted by atomic mass is 9.99. The summed E-state index contributed by atoms with van der Waals surface area (Å²) in [5.74, 6) is -0.249. The van der Waals surface area contributed by atoms with Crippen LogP contribution in [0.3, 0.4) is 0 Å². The quantitative estimate of drug-likeness (QED) is 0.930. The maximum atomic E-state index is 12.6. The second kappa shape index (κ2) is 7.21. The maximum Gasteiger partial charge on any atom is 0.240 e. The van der Waals surface area contributed by atoms with Gasteiger partial charge in [0.15, 0.2) is 0 Å². The zero-order valence-electron chi connectivity index (χ0n) is 15.9. The summed E-state index contributed by atoms with van der Waals surface area (Å²) >= 11 is 0. The second-order valence-electron chi connectivity index (χ2n) is 7.54. The van der Waals surface area contributed by atoms with Gasteiger partial charge in [-0.2, -0.15) is 0 Å². The van der Waals surface area contributed by atoms with Crippen LogP contribution in [-0.4, -0.2) is 40.8 Å². The van der Waals surface area contributed by atoms with E-state index in [4.69, 9.17) is 0 Å². The molecule has 0 aliphatic carbocycles. The molecular weight excluding hydrogens is 314 g/mol. The number of hydrogen-bond donors (Lipinski definition) is 1. The fraction of sp³-hybridized carbons (Fsp3) is 0.450. The Kier molecular flexibility index (Phi) is 5.45. The topological polar surface area (TPSA) is 62.3 Å². The Morgan fingerprint density at radius 2 is 1.80 bits per heavy atom. The number of amides is 2. The van der Waals surface area contributed by atoms with Crippen molar-refractivity contribution in [2.75, 3.05) is 13.6 Å². The Bertz CT molecular complexity index is 806. The number of nitrogens with zero attached hydrogens (tertiary/aromatic N) is 2. The van der Waals surface area contributed by atoms with Gasteiger partial charge in [-0.25, -0.2) is 0 Å². The zero-order chi connectivity index (χ0) is 18.8. The molecule has 1 N–H and O–H groups in total. The minimum atomic E-state index is -0.309. The van der Waals surface area contributed by atoms with E-state index in [0.29, 0.717) is 0 Å². The van der Waals surface area contributed by atoms with E-state index < -0.39 is 0 Å². The summed E-state index contributed by atoms with van der Waals surface area (Å²) in [6.45, 7) is 9.75. The number of carbonyl (C=O) groups excluding carboxylic acids is 2. The summed E-state index contributed by atoms with van der Waals surface area (Å²) in [6, 6.07) is 7.93. The van der Waals surface area contributed by atoms with Gasteiger partial charge in [-0.05, 0) is 51.8 Å². The van der Waals surface area contributed by atoms with Crippen LogP contribution >= 0.6 is 0 Å². The van der Waals surface area contributed by atoms with E-state index in [1.807, 2.05) is 58.9 Å². The average molecular weight is 341 g/mol. The molecule has 1 aromatic carbocycles. The third-order valence-electron chi connectivity index (χ3n) is 4.13. The Labute approximate surface area is 149 Å². The van der Waals surface area contributed by atoms with E-state index in [0.717, 1.165) is 27.7 Å². The molecule has 5 nitrogen and oxygen atoms in total. The molecule has 0 spiro atoms. The van der Waals surface area contributed by atoms with Crippen LogP contribution in [0.5, 0.6) is 0 Å². The lowest BCUT2D eigenvalue weighted by molar-refractivity contribution is -0.134. The molecule has 1 aromatic heterocycles. The molecule has 0 saturated heterocycles. The molecule has 2 aromatic rings. The first-order chi connectivity index (χ1) is 11.6. The first-order valence-corrected chi connectivity index (χ1v) is 8.48. The van der Waals surface area contributed by atoms with Gasteiger partial charge in [0.1, 0.15) is 0 Å². The normalized spacial score (nSPS) is 11.4. The molecule has 0 saturated carbocycles. The summed E-state index contributed by atoms with van der Waals surface area (Å²) in [5.41, 5.74) is 3.50. The number of fused-ring (bicyclic) bond motifs is 1. The summed E-state index contributed by atoms with van der Waals surface area (Å²) in [6.07, 6.45) is 0.245. The Morgan fingerprint density at radius 1 is 1.16 bits per heavy atom. The highest BCUT2D eigenvalue weighted by Gasteiger charge is 2.20. The lowest BCUT2D eigenvalue weighted by Gasteiger charge is -2.24. The highest BCUT2D eigenvalue weighted by atomic mass is 16.2. The van der Waals surface area contributed by atoms with Gasteiger partial charge >= 0.3 is 0 Å². The number of rotatable bonds is 4. The van der Waals surface area contributed by atoms with Crippen molar-refractivity contribution < 1.29 is 9.59 Å². The number of aryl methyl sites for hydroxylation is 2. The minimum Gasteiger partial charge on any atom is -0.350 e. The van der Waals surface area contributed by atoms with Crippen LogP contribution in [0.4, 0.5) is 0 Å². The Balaban J connectivity index is 2.15. The molecule has 2 amide bonds. The standard InChI is InChI=1S/C20H27N3O2/c1-13-15-9-7-8-10-17(15)21-14(2)16(13)11-19(25)23(6)12-18(24)22-20(3,4)5/h7-10H,11-12H2,1-6H3,(H,22,24). The van der Waals surface area contributed by atoms with Crippen LogP contribution in [0.2, 0.25) is 0 Å². The van der Waals surface area contributed by atoms with Gasteiger partial charge in [0, 0.05) is 23.7 Å². The molecule has 0 fully saturated rings. The smallest absolute Gasteiger partial charge is 0.240 e. The van der Waals surface area contributed by atoms with E-state index in [1.165, 1.54) is 4.90 Å². The van der Waals surface area contributed by atoms with Gasteiger partial charge in [-0.3, -0.25) is 14.6 Å². The van der Waals surface area contributed by atoms with E-state index >= 15 is 0 Å². The first-order valence-electron chi connectivity index (χ1n) is 8.48. The number of likely N-dealkylation sites (N-methyl/N-ethyl adjacent to an activating group) is 1. The number of hydrogen-bond acceptors (Lipinski definition) is 3. The maximum absolute atomic E-state index is 12.6. The van der Waals surface area contributed by atoms with Crippen molar-refractivity contribution in [2.45, 2.75) is 46.6 Å². The summed E-state index contributed by atoms with van der Waals surface area (Å²) in [5, 5.41) is 3.93. The summed E-state index contributed by atoms with van der Waals surface area (Å²) in [4.78, 5) is 30.7. The van der Waals surface area contributed by atoms with Crippen molar-refractivity contribution >= 4 is 22.7 Å². The van der Waals surface area contributed by atoms with Crippen molar-refractivity contribution in [3.05, 3.63) is 41.1 Å². The van der Waals surface area contributed by atoms with Gasteiger partial charge < -0.3 is 10.2 Å². The third kappa shape index (κ3) is 4.78. The Morgan fingerprint density at radius 3 is 2.44 bits per heavy atom. The van der Waals surface area contributed by atoms with Crippen molar-refractivity contribution in [3.63, 3.8) is 0 Å². The highest BCUT2D eigenvalue weighted by molar-refractivity contribution is 5.88. The van der Waals surface area contributed by atoms with Crippen molar-refractivity contribution in [3.8, 4) is 0 Å². The number of benzene rings is 1. The SMILES string of the molecule is Cc1nc2ccccc2c(C)c1CC(=O)N(C)CC(=O)NC(C)(C)C. The molecule has 0 unspecified atom stereocenters. The van der Waals surface area contributed by atoms with Crippen LogP contribution in [0.25, 0.3) is 10.9 Å². The predicted octanol–water partition coefficient (Wildman–Crippen LogP) is 2.77. The molecule has 0 aliphatic rings. The van der Waals surface area contributed by atoms with Crippen LogP contribution in [0, 0.1) is 13.8 Å². The molecule has 0 aliphatic heterocycles. The van der Waals surface area contributed by atoms with Crippen LogP contribution < -0.4 is 5.32 Å². The highest BCUT2D eigenvalue weighted by Crippen LogP contribution is 2.23. The predicted molar refractivity (Wildman–Crippen MR) is 100 cm³/mol. The number of nitrogens with one attached hydrogen (secondary N) is 1. The number of carbonyl (C=O) groups is 2. The number of pyridine rings is 1. The molecule has 5 heteroatoms. The van der Waals surface area contributed by atoms with Crippen molar-refractivity contribution in [1.29, 1.82) is 0 Å². The van der Waals surface area contributed by atoms with E-state index in [-0.39, 0.29) is 30.3 Å². The number of para-hydroxylation sites is 1. The summed E-state index contributed by atoms with van der Waals surface area (Å²) in [7, 11) is 1.66. The fourth-order valence-electron chi connectivity index (χ4n) is 2.88. The average Bonchev–Trinajstić information content (AvgIpc) is 2.49. The third-order valence-corrected chi connectivity index (χ3v) is 4.13. The van der Waals surface area contributed by atoms with Crippen LogP contribution in [0.15, 0.2) is 24.3 Å². The Hall–Kier alpha value is -2.43. The molecule has 134 valence electrons. The molecule has 0 radical (unpaired) electrons. The largest absolute Gasteiger partial charge is 0.350 e. The van der Waals surface area contributed by atoms with Gasteiger partial charge in [-0.15, -0.1) is 0 Å². The summed E-state index contributed by atoms with van der Waals surface area (Å²) < 4.78 is 0. The molecular formula is C20H27N3O2. The molecule has 0 bridgehead atoms. The monoisotopic (exact) mass is 341 g/mol. The minimum absolute atomic E-state index is 0.0508. The molecule has 25 heavy (non-hydrogen) atoms. The van der Waals surface area contributed by atoms with Gasteiger partial charge in [-0.1, -0.05) is 18.2 Å². The van der Waals surface area contributed by atoms with Crippen LogP contribution in [-0.2, 0) is 16.0 Å². The first kappa shape index (κ1) is 18.9. The van der Waals surface area contributed by atoms with Gasteiger partial charge in [0.05, 0.1) is 18.5 Å². The fourth-order valence-corrected chi connectivity index (χ4v) is 2.88. The van der Waals surface area contributed by atoms with E-state index in [9.17, 15) is 9.59 Å². The molecule has 2 rings (SSSR count). The van der Waals surface area contributed by atoms with Gasteiger partial charge in [0.25, 0.3) is 0 Å². The van der Waals surface area contributed by atoms with Gasteiger partial charge in [0.2, 0.25) is 11.8 Å². The van der Waals surface area contributed by atoms with Crippen LogP contribution in [0.1, 0.15) is 37.6 Å². The zero-order valence-corrected chi connectivity index (χ0v) is 15.9. The van der Waals surface area contributed by atoms with E-state index in [1.54, 1.807) is 7.05 Å². The molecule has 0 atom stereocenters. The second-order valence-corrected chi connectivity index (χ2v) is 7.54.